The number of halogens is 2. The molecule has 0 spiro atoms. The third kappa shape index (κ3) is 10.8. The van der Waals surface area contributed by atoms with Crippen molar-refractivity contribution in [2.24, 2.45) is 0 Å². The Morgan fingerprint density at radius 3 is 1.07 bits per heavy atom. The predicted molar refractivity (Wildman–Crippen MR) is 177 cm³/mol. The van der Waals surface area contributed by atoms with Gasteiger partial charge >= 0.3 is 0 Å². The van der Waals surface area contributed by atoms with E-state index in [-0.39, 0.29) is 23.6 Å². The molecule has 0 saturated heterocycles. The molecule has 4 amide bonds. The van der Waals surface area contributed by atoms with Crippen molar-refractivity contribution in [3.8, 4) is 0 Å². The Hall–Kier alpha value is -4.02. The number of benzene rings is 4. The van der Waals surface area contributed by atoms with Gasteiger partial charge in [-0.3, -0.25) is 19.2 Å². The molecule has 0 fully saturated rings. The summed E-state index contributed by atoms with van der Waals surface area (Å²) in [6.07, 6.45) is 0. The highest BCUT2D eigenvalue weighted by molar-refractivity contribution is 9.10. The molecule has 42 heavy (non-hydrogen) atoms. The predicted octanol–water partition coefficient (Wildman–Crippen LogP) is 7.06. The number of hydrogen-bond donors (Lipinski definition) is 2. The summed E-state index contributed by atoms with van der Waals surface area (Å²) in [5.41, 5.74) is 2.41. The summed E-state index contributed by atoms with van der Waals surface area (Å²) >= 11 is 6.77. The minimum Gasteiger partial charge on any atom is -0.349 e. The molecule has 4 aromatic carbocycles. The maximum absolute atomic E-state index is 12.9. The van der Waals surface area contributed by atoms with Crippen molar-refractivity contribution in [3.05, 3.63) is 105 Å². The molecule has 0 aliphatic carbocycles. The molecular weight excluding hydrogens is 664 g/mol. The lowest BCUT2D eigenvalue weighted by atomic mass is 9.98. The van der Waals surface area contributed by atoms with Gasteiger partial charge in [-0.15, -0.1) is 0 Å². The number of nitrogens with zero attached hydrogens (tertiary/aromatic N) is 2. The highest BCUT2D eigenvalue weighted by atomic mass is 79.9. The number of amides is 4. The van der Waals surface area contributed by atoms with E-state index in [9.17, 15) is 19.2 Å². The van der Waals surface area contributed by atoms with Crippen LogP contribution < -0.4 is 10.6 Å². The van der Waals surface area contributed by atoms with E-state index >= 15 is 0 Å². The molecule has 2 N–H and O–H groups in total. The summed E-state index contributed by atoms with van der Waals surface area (Å²) in [4.78, 5) is 49.0. The van der Waals surface area contributed by atoms with Crippen LogP contribution in [0.25, 0.3) is 10.8 Å². The van der Waals surface area contributed by atoms with E-state index in [1.54, 1.807) is 40.3 Å². The summed E-state index contributed by atoms with van der Waals surface area (Å²) in [7, 11) is 6.90. The number of fused-ring (bicyclic) bond motifs is 1. The number of anilines is 2. The van der Waals surface area contributed by atoms with E-state index in [1.165, 1.54) is 23.6 Å². The lowest BCUT2D eigenvalue weighted by Crippen LogP contribution is -2.17. The molecule has 0 aromatic heterocycles. The fourth-order valence-corrected chi connectivity index (χ4v) is 3.69. The first-order valence-electron chi connectivity index (χ1n) is 12.8. The van der Waals surface area contributed by atoms with Gasteiger partial charge in [0, 0.05) is 73.5 Å². The lowest BCUT2D eigenvalue weighted by molar-refractivity contribution is -0.127. The molecule has 0 radical (unpaired) electrons. The largest absolute Gasteiger partial charge is 0.349 e. The molecule has 0 aliphatic heterocycles. The third-order valence-corrected chi connectivity index (χ3v) is 6.93. The standard InChI is InChI=1S/C24H16Br2N2O2.2C4H9NO/c25-15-5-9-17(10-6-15)27-23(29)21-13-14-22(20-4-2-1-3-19(20)21)24(30)28-18-11-7-16(26)8-12-18;2*1-4(6)5(2)3/h1-14H,(H,27,29)(H,28,30);2*1-3H3. The first kappa shape index (κ1) is 34.2. The zero-order valence-corrected chi connectivity index (χ0v) is 27.5. The zero-order chi connectivity index (χ0) is 31.4. The van der Waals surface area contributed by atoms with Crippen molar-refractivity contribution in [3.63, 3.8) is 0 Å². The summed E-state index contributed by atoms with van der Waals surface area (Å²) in [6, 6.07) is 25.5. The van der Waals surface area contributed by atoms with Crippen LogP contribution >= 0.6 is 31.9 Å². The van der Waals surface area contributed by atoms with Crippen LogP contribution in [-0.2, 0) is 9.59 Å². The molecule has 0 unspecified atom stereocenters. The topological polar surface area (TPSA) is 98.8 Å². The molecule has 0 bridgehead atoms. The van der Waals surface area contributed by atoms with Crippen molar-refractivity contribution in [2.75, 3.05) is 38.8 Å². The minimum absolute atomic E-state index is 0.0926. The number of carbonyl (C=O) groups excluding carboxylic acids is 4. The van der Waals surface area contributed by atoms with Gasteiger partial charge in [0.25, 0.3) is 11.8 Å². The second-order valence-electron chi connectivity index (χ2n) is 9.46. The average Bonchev–Trinajstić information content (AvgIpc) is 2.95. The monoisotopic (exact) mass is 696 g/mol. The van der Waals surface area contributed by atoms with Crippen LogP contribution in [0.3, 0.4) is 0 Å². The highest BCUT2D eigenvalue weighted by Gasteiger charge is 2.16. The summed E-state index contributed by atoms with van der Waals surface area (Å²) in [5, 5.41) is 7.25. The third-order valence-electron chi connectivity index (χ3n) is 5.88. The van der Waals surface area contributed by atoms with Gasteiger partial charge in [0.2, 0.25) is 11.8 Å². The van der Waals surface area contributed by atoms with E-state index in [0.717, 1.165) is 19.7 Å². The molecule has 4 aromatic rings. The van der Waals surface area contributed by atoms with E-state index in [0.29, 0.717) is 22.5 Å². The van der Waals surface area contributed by atoms with E-state index in [2.05, 4.69) is 42.5 Å². The Labute approximate surface area is 263 Å². The molecule has 0 atom stereocenters. The second kappa shape index (κ2) is 16.4. The number of hydrogen-bond acceptors (Lipinski definition) is 4. The number of rotatable bonds is 4. The van der Waals surface area contributed by atoms with Crippen LogP contribution in [-0.4, -0.2) is 61.6 Å². The summed E-state index contributed by atoms with van der Waals surface area (Å²) in [6.45, 7) is 3.06. The van der Waals surface area contributed by atoms with E-state index in [4.69, 9.17) is 0 Å². The fraction of sp³-hybridized carbons (Fsp3) is 0.188. The van der Waals surface area contributed by atoms with Crippen LogP contribution in [0.1, 0.15) is 34.6 Å². The average molecular weight is 698 g/mol. The Balaban J connectivity index is 0.000000434. The van der Waals surface area contributed by atoms with Crippen LogP contribution in [0, 0.1) is 0 Å². The molecule has 4 rings (SSSR count). The maximum atomic E-state index is 12.9. The van der Waals surface area contributed by atoms with Gasteiger partial charge in [0.15, 0.2) is 0 Å². The van der Waals surface area contributed by atoms with Crippen LogP contribution in [0.15, 0.2) is 93.9 Å². The van der Waals surface area contributed by atoms with E-state index < -0.39 is 0 Å². The Bertz CT molecular complexity index is 1420. The van der Waals surface area contributed by atoms with E-state index in [1.807, 2.05) is 72.8 Å². The van der Waals surface area contributed by atoms with Crippen LogP contribution in [0.2, 0.25) is 0 Å². The fourth-order valence-electron chi connectivity index (χ4n) is 3.16. The number of carbonyl (C=O) groups is 4. The van der Waals surface area contributed by atoms with Crippen LogP contribution in [0.5, 0.6) is 0 Å². The molecule has 0 saturated carbocycles. The van der Waals surface area contributed by atoms with Crippen molar-refractivity contribution < 1.29 is 19.2 Å². The van der Waals surface area contributed by atoms with Crippen molar-refractivity contribution in [1.29, 1.82) is 0 Å². The molecular formula is C32H34Br2N4O4. The summed E-state index contributed by atoms with van der Waals surface area (Å²) in [5.74, 6) is -0.271. The van der Waals surface area contributed by atoms with Crippen molar-refractivity contribution in [2.45, 2.75) is 13.8 Å². The van der Waals surface area contributed by atoms with Gasteiger partial charge in [-0.1, -0.05) is 56.1 Å². The first-order chi connectivity index (χ1) is 19.8. The first-order valence-corrected chi connectivity index (χ1v) is 14.4. The normalized spacial score (nSPS) is 9.81. The second-order valence-corrected chi connectivity index (χ2v) is 11.3. The Morgan fingerprint density at radius 1 is 0.524 bits per heavy atom. The Morgan fingerprint density at radius 2 is 0.810 bits per heavy atom. The van der Waals surface area contributed by atoms with Crippen molar-refractivity contribution >= 4 is 77.6 Å². The lowest BCUT2D eigenvalue weighted by Gasteiger charge is -2.12. The van der Waals surface area contributed by atoms with Crippen LogP contribution in [0.4, 0.5) is 11.4 Å². The zero-order valence-electron chi connectivity index (χ0n) is 24.4. The van der Waals surface area contributed by atoms with Gasteiger partial charge in [-0.2, -0.15) is 0 Å². The van der Waals surface area contributed by atoms with Gasteiger partial charge in [0.05, 0.1) is 0 Å². The minimum atomic E-state index is -0.228. The summed E-state index contributed by atoms with van der Waals surface area (Å²) < 4.78 is 1.87. The molecule has 8 nitrogen and oxygen atoms in total. The molecule has 220 valence electrons. The highest BCUT2D eigenvalue weighted by Crippen LogP contribution is 2.25. The van der Waals surface area contributed by atoms with Gasteiger partial charge in [0.1, 0.15) is 0 Å². The SMILES string of the molecule is CC(=O)N(C)C.CC(=O)N(C)C.O=C(Nc1ccc(Br)cc1)c1ccc(C(=O)Nc2ccc(Br)cc2)c2ccccc12. The molecule has 10 heteroatoms. The molecule has 0 aliphatic rings. The number of nitrogens with one attached hydrogen (secondary N) is 2. The van der Waals surface area contributed by atoms with Gasteiger partial charge < -0.3 is 20.4 Å². The maximum Gasteiger partial charge on any atom is 0.256 e. The molecule has 0 heterocycles. The smallest absolute Gasteiger partial charge is 0.256 e. The van der Waals surface area contributed by atoms with Gasteiger partial charge in [-0.05, 0) is 71.4 Å². The Kier molecular flexibility index (Phi) is 13.4. The van der Waals surface area contributed by atoms with Gasteiger partial charge in [-0.25, -0.2) is 0 Å². The van der Waals surface area contributed by atoms with Crippen molar-refractivity contribution in [1.82, 2.24) is 9.80 Å². The quantitative estimate of drug-likeness (QED) is 0.239.